The first-order valence-corrected chi connectivity index (χ1v) is 6.63. The molecular weight excluding hydrogens is 262 g/mol. The molecular formula is C15H16ClNO2. The molecule has 0 saturated carbocycles. The molecule has 0 radical (unpaired) electrons. The maximum Gasteiger partial charge on any atom is 0.130 e. The van der Waals surface area contributed by atoms with Crippen LogP contribution < -0.4 is 9.47 Å². The molecule has 0 N–H and O–H groups in total. The van der Waals surface area contributed by atoms with E-state index in [-0.39, 0.29) is 0 Å². The van der Waals surface area contributed by atoms with Crippen molar-refractivity contribution in [1.29, 1.82) is 0 Å². The average Bonchev–Trinajstić information content (AvgIpc) is 2.44. The minimum atomic E-state index is 0.399. The van der Waals surface area contributed by atoms with E-state index < -0.39 is 0 Å². The van der Waals surface area contributed by atoms with E-state index in [1.54, 1.807) is 6.07 Å². The van der Waals surface area contributed by atoms with Gasteiger partial charge >= 0.3 is 0 Å². The second-order valence-electron chi connectivity index (χ2n) is 4.06. The van der Waals surface area contributed by atoms with Gasteiger partial charge < -0.3 is 9.47 Å². The molecule has 1 aromatic heterocycles. The highest BCUT2D eigenvalue weighted by Gasteiger charge is 1.99. The fourth-order valence-corrected chi connectivity index (χ4v) is 1.72. The molecule has 0 unspecified atom stereocenters. The third-order valence-electron chi connectivity index (χ3n) is 2.46. The zero-order valence-electron chi connectivity index (χ0n) is 10.8. The topological polar surface area (TPSA) is 31.4 Å². The number of halogens is 1. The molecule has 100 valence electrons. The van der Waals surface area contributed by atoms with E-state index in [4.69, 9.17) is 21.1 Å². The van der Waals surface area contributed by atoms with Crippen LogP contribution in [0.3, 0.4) is 0 Å². The van der Waals surface area contributed by atoms with Gasteiger partial charge in [0.1, 0.15) is 23.3 Å². The first-order chi connectivity index (χ1) is 9.28. The number of nitrogens with zero attached hydrogens (tertiary/aromatic N) is 1. The van der Waals surface area contributed by atoms with Gasteiger partial charge in [0, 0.05) is 0 Å². The zero-order chi connectivity index (χ0) is 13.5. The molecule has 0 spiro atoms. The van der Waals surface area contributed by atoms with Crippen molar-refractivity contribution in [2.75, 3.05) is 6.61 Å². The summed E-state index contributed by atoms with van der Waals surface area (Å²) >= 11 is 5.81. The lowest BCUT2D eigenvalue weighted by Gasteiger charge is -2.08. The van der Waals surface area contributed by atoms with Crippen LogP contribution in [0.2, 0.25) is 5.15 Å². The molecule has 0 aliphatic heterocycles. The molecule has 0 aliphatic carbocycles. The van der Waals surface area contributed by atoms with Gasteiger partial charge in [-0.1, -0.05) is 24.6 Å². The van der Waals surface area contributed by atoms with Crippen molar-refractivity contribution < 1.29 is 9.47 Å². The summed E-state index contributed by atoms with van der Waals surface area (Å²) < 4.78 is 11.1. The van der Waals surface area contributed by atoms with Crippen molar-refractivity contribution in [3.05, 3.63) is 53.3 Å². The lowest BCUT2D eigenvalue weighted by molar-refractivity contribution is 0.297. The second-order valence-corrected chi connectivity index (χ2v) is 4.45. The first-order valence-electron chi connectivity index (χ1n) is 6.25. The number of hydrogen-bond donors (Lipinski definition) is 0. The Morgan fingerprint density at radius 2 is 1.68 bits per heavy atom. The molecule has 2 rings (SSSR count). The summed E-state index contributed by atoms with van der Waals surface area (Å²) in [5.41, 5.74) is 0.804. The summed E-state index contributed by atoms with van der Waals surface area (Å²) in [4.78, 5) is 4.16. The number of ether oxygens (including phenoxy) is 2. The minimum Gasteiger partial charge on any atom is -0.494 e. The van der Waals surface area contributed by atoms with Crippen molar-refractivity contribution in [1.82, 2.24) is 4.98 Å². The Kier molecular flexibility index (Phi) is 5.04. The van der Waals surface area contributed by atoms with Gasteiger partial charge in [0.25, 0.3) is 0 Å². The molecule has 19 heavy (non-hydrogen) atoms. The predicted octanol–water partition coefficient (Wildman–Crippen LogP) is 4.10. The van der Waals surface area contributed by atoms with E-state index in [2.05, 4.69) is 11.9 Å². The van der Waals surface area contributed by atoms with Crippen LogP contribution in [-0.2, 0) is 6.61 Å². The van der Waals surface area contributed by atoms with Gasteiger partial charge in [0.15, 0.2) is 0 Å². The monoisotopic (exact) mass is 277 g/mol. The molecule has 3 nitrogen and oxygen atoms in total. The summed E-state index contributed by atoms with van der Waals surface area (Å²) in [6.45, 7) is 3.21. The van der Waals surface area contributed by atoms with Crippen LogP contribution in [0, 0.1) is 0 Å². The Hall–Kier alpha value is -1.74. The van der Waals surface area contributed by atoms with E-state index in [0.717, 1.165) is 30.2 Å². The quantitative estimate of drug-likeness (QED) is 0.745. The molecule has 0 bridgehead atoms. The molecule has 0 aliphatic rings. The highest BCUT2D eigenvalue weighted by atomic mass is 35.5. The van der Waals surface area contributed by atoms with Gasteiger partial charge in [-0.05, 0) is 42.8 Å². The molecule has 2 aromatic rings. The number of rotatable bonds is 6. The standard InChI is InChI=1S/C15H16ClNO2/c1-2-10-18-13-6-8-14(9-7-13)19-11-12-4-3-5-15(16)17-12/h3-9H,2,10-11H2,1H3. The van der Waals surface area contributed by atoms with E-state index >= 15 is 0 Å². The largest absolute Gasteiger partial charge is 0.494 e. The number of aromatic nitrogens is 1. The molecule has 0 saturated heterocycles. The van der Waals surface area contributed by atoms with Crippen molar-refractivity contribution in [3.63, 3.8) is 0 Å². The second kappa shape index (κ2) is 7.00. The number of benzene rings is 1. The minimum absolute atomic E-state index is 0.399. The first kappa shape index (κ1) is 13.7. The lowest BCUT2D eigenvalue weighted by Crippen LogP contribution is -1.98. The van der Waals surface area contributed by atoms with Gasteiger partial charge in [-0.3, -0.25) is 0 Å². The third kappa shape index (κ3) is 4.45. The normalized spacial score (nSPS) is 10.2. The van der Waals surface area contributed by atoms with E-state index in [0.29, 0.717) is 11.8 Å². The predicted molar refractivity (Wildman–Crippen MR) is 75.8 cm³/mol. The van der Waals surface area contributed by atoms with Crippen LogP contribution >= 0.6 is 11.6 Å². The van der Waals surface area contributed by atoms with Crippen LogP contribution in [0.15, 0.2) is 42.5 Å². The number of pyridine rings is 1. The number of hydrogen-bond acceptors (Lipinski definition) is 3. The van der Waals surface area contributed by atoms with Crippen LogP contribution in [0.1, 0.15) is 19.0 Å². The highest BCUT2D eigenvalue weighted by molar-refractivity contribution is 6.29. The van der Waals surface area contributed by atoms with Crippen LogP contribution in [0.4, 0.5) is 0 Å². The average molecular weight is 278 g/mol. The Bertz CT molecular complexity index is 514. The summed E-state index contributed by atoms with van der Waals surface area (Å²) in [5.74, 6) is 1.64. The molecule has 1 aromatic carbocycles. The van der Waals surface area contributed by atoms with Crippen molar-refractivity contribution in [2.24, 2.45) is 0 Å². The lowest BCUT2D eigenvalue weighted by atomic mass is 10.3. The van der Waals surface area contributed by atoms with E-state index in [9.17, 15) is 0 Å². The Morgan fingerprint density at radius 1 is 1.00 bits per heavy atom. The van der Waals surface area contributed by atoms with Gasteiger partial charge in [-0.2, -0.15) is 0 Å². The molecule has 0 atom stereocenters. The maximum absolute atomic E-state index is 5.81. The zero-order valence-corrected chi connectivity index (χ0v) is 11.6. The third-order valence-corrected chi connectivity index (χ3v) is 2.67. The van der Waals surface area contributed by atoms with Crippen molar-refractivity contribution in [3.8, 4) is 11.5 Å². The fraction of sp³-hybridized carbons (Fsp3) is 0.267. The van der Waals surface area contributed by atoms with Crippen LogP contribution in [0.25, 0.3) is 0 Å². The summed E-state index contributed by atoms with van der Waals surface area (Å²) in [6, 6.07) is 13.0. The highest BCUT2D eigenvalue weighted by Crippen LogP contribution is 2.18. The molecule has 1 heterocycles. The van der Waals surface area contributed by atoms with Gasteiger partial charge in [0.2, 0.25) is 0 Å². The summed E-state index contributed by atoms with van der Waals surface area (Å²) in [5, 5.41) is 0.476. The molecule has 0 fully saturated rings. The Labute approximate surface area is 118 Å². The maximum atomic E-state index is 5.81. The van der Waals surface area contributed by atoms with Crippen molar-refractivity contribution >= 4 is 11.6 Å². The van der Waals surface area contributed by atoms with Gasteiger partial charge in [-0.15, -0.1) is 0 Å². The van der Waals surface area contributed by atoms with E-state index in [1.165, 1.54) is 0 Å². The Balaban J connectivity index is 1.89. The van der Waals surface area contributed by atoms with Crippen molar-refractivity contribution in [2.45, 2.75) is 20.0 Å². The van der Waals surface area contributed by atoms with Gasteiger partial charge in [0.05, 0.1) is 12.3 Å². The molecule has 0 amide bonds. The van der Waals surface area contributed by atoms with Crippen LogP contribution in [0.5, 0.6) is 11.5 Å². The smallest absolute Gasteiger partial charge is 0.130 e. The summed E-state index contributed by atoms with van der Waals surface area (Å²) in [6.07, 6.45) is 0.999. The van der Waals surface area contributed by atoms with Gasteiger partial charge in [-0.25, -0.2) is 4.98 Å². The fourth-order valence-electron chi connectivity index (χ4n) is 1.54. The van der Waals surface area contributed by atoms with E-state index in [1.807, 2.05) is 36.4 Å². The summed E-state index contributed by atoms with van der Waals surface area (Å²) in [7, 11) is 0. The molecule has 4 heteroatoms. The SMILES string of the molecule is CCCOc1ccc(OCc2cccc(Cl)n2)cc1. The van der Waals surface area contributed by atoms with Crippen LogP contribution in [-0.4, -0.2) is 11.6 Å². The Morgan fingerprint density at radius 3 is 2.32 bits per heavy atom.